The van der Waals surface area contributed by atoms with Gasteiger partial charge in [0.2, 0.25) is 21.8 Å². The fraction of sp³-hybridized carbons (Fsp3) is 0.440. The summed E-state index contributed by atoms with van der Waals surface area (Å²) in [4.78, 5) is 27.9. The number of halogens is 3. The SMILES string of the molecule is CC[C@H](C(=O)NC(C)(C)C)N(Cc1ccccc1)C(=O)CN(c1cccc(C(F)(F)F)c1)S(C)(=O)=O. The number of sulfonamides is 1. The Hall–Kier alpha value is -3.08. The zero-order chi connectivity index (χ0) is 27.3. The van der Waals surface area contributed by atoms with Crippen LogP contribution in [0.2, 0.25) is 0 Å². The highest BCUT2D eigenvalue weighted by Gasteiger charge is 2.35. The first kappa shape index (κ1) is 29.2. The first-order chi connectivity index (χ1) is 16.5. The van der Waals surface area contributed by atoms with Crippen LogP contribution in [0.1, 0.15) is 45.2 Å². The van der Waals surface area contributed by atoms with Crippen molar-refractivity contribution in [1.29, 1.82) is 0 Å². The van der Waals surface area contributed by atoms with E-state index in [9.17, 15) is 31.2 Å². The van der Waals surface area contributed by atoms with Crippen LogP contribution in [0, 0.1) is 0 Å². The van der Waals surface area contributed by atoms with Crippen LogP contribution in [0.15, 0.2) is 54.6 Å². The highest BCUT2D eigenvalue weighted by molar-refractivity contribution is 7.92. The second-order valence-electron chi connectivity index (χ2n) is 9.49. The molecule has 0 heterocycles. The summed E-state index contributed by atoms with van der Waals surface area (Å²) in [6.45, 7) is 6.33. The molecular weight excluding hydrogens is 495 g/mol. The van der Waals surface area contributed by atoms with Crippen molar-refractivity contribution >= 4 is 27.5 Å². The lowest BCUT2D eigenvalue weighted by atomic mass is 10.1. The summed E-state index contributed by atoms with van der Waals surface area (Å²) in [6.07, 6.45) is -3.64. The van der Waals surface area contributed by atoms with Gasteiger partial charge < -0.3 is 10.2 Å². The van der Waals surface area contributed by atoms with Crippen molar-refractivity contribution in [2.75, 3.05) is 17.1 Å². The van der Waals surface area contributed by atoms with Gasteiger partial charge in [0.15, 0.2) is 0 Å². The molecule has 0 radical (unpaired) electrons. The number of anilines is 1. The second-order valence-corrected chi connectivity index (χ2v) is 11.4. The predicted molar refractivity (Wildman–Crippen MR) is 133 cm³/mol. The minimum absolute atomic E-state index is 0.00986. The van der Waals surface area contributed by atoms with Gasteiger partial charge in [0.05, 0.1) is 17.5 Å². The molecule has 0 aromatic heterocycles. The first-order valence-corrected chi connectivity index (χ1v) is 13.2. The zero-order valence-electron chi connectivity index (χ0n) is 21.0. The summed E-state index contributed by atoms with van der Waals surface area (Å²) < 4.78 is 65.5. The van der Waals surface area contributed by atoms with E-state index < -0.39 is 51.7 Å². The molecule has 198 valence electrons. The average molecular weight is 528 g/mol. The van der Waals surface area contributed by atoms with Crippen LogP contribution in [0.25, 0.3) is 0 Å². The zero-order valence-corrected chi connectivity index (χ0v) is 21.8. The Morgan fingerprint density at radius 2 is 1.61 bits per heavy atom. The molecule has 0 aliphatic rings. The number of amides is 2. The standard InChI is InChI=1S/C25H32F3N3O4S/c1-6-21(23(33)29-24(2,3)4)30(16-18-11-8-7-9-12-18)22(32)17-31(36(5,34)35)20-14-10-13-19(15-20)25(26,27)28/h7-15,21H,6,16-17H2,1-5H3,(H,29,33)/t21-/m1/s1. The highest BCUT2D eigenvalue weighted by atomic mass is 32.2. The van der Waals surface area contributed by atoms with Crippen molar-refractivity contribution in [3.05, 3.63) is 65.7 Å². The van der Waals surface area contributed by atoms with Gasteiger partial charge in [-0.25, -0.2) is 8.42 Å². The van der Waals surface area contributed by atoms with Gasteiger partial charge in [0.1, 0.15) is 12.6 Å². The number of alkyl halides is 3. The molecule has 1 N–H and O–H groups in total. The monoisotopic (exact) mass is 527 g/mol. The Bertz CT molecular complexity index is 1160. The number of nitrogens with zero attached hydrogens (tertiary/aromatic N) is 2. The van der Waals surface area contributed by atoms with E-state index in [-0.39, 0.29) is 18.7 Å². The van der Waals surface area contributed by atoms with Crippen LogP contribution in [0.5, 0.6) is 0 Å². The third-order valence-corrected chi connectivity index (χ3v) is 6.36. The van der Waals surface area contributed by atoms with Gasteiger partial charge >= 0.3 is 6.18 Å². The second kappa shape index (κ2) is 11.3. The molecule has 2 aromatic carbocycles. The molecule has 11 heteroatoms. The number of carbonyl (C=O) groups excluding carboxylic acids is 2. The first-order valence-electron chi connectivity index (χ1n) is 11.3. The molecule has 0 aliphatic carbocycles. The Kier molecular flexibility index (Phi) is 9.17. The third-order valence-electron chi connectivity index (χ3n) is 5.22. The lowest BCUT2D eigenvalue weighted by Crippen LogP contribution is -2.55. The lowest BCUT2D eigenvalue weighted by Gasteiger charge is -2.34. The molecule has 2 aromatic rings. The van der Waals surface area contributed by atoms with Crippen molar-refractivity contribution < 1.29 is 31.2 Å². The number of benzene rings is 2. The maximum absolute atomic E-state index is 13.5. The molecule has 7 nitrogen and oxygen atoms in total. The summed E-state index contributed by atoms with van der Waals surface area (Å²) in [6, 6.07) is 11.7. The van der Waals surface area contributed by atoms with E-state index in [0.717, 1.165) is 18.4 Å². The number of nitrogens with one attached hydrogen (secondary N) is 1. The molecule has 0 saturated heterocycles. The minimum atomic E-state index is -4.69. The Balaban J connectivity index is 2.48. The normalized spacial score (nSPS) is 13.1. The smallest absolute Gasteiger partial charge is 0.350 e. The van der Waals surface area contributed by atoms with Gasteiger partial charge in [-0.2, -0.15) is 13.2 Å². The van der Waals surface area contributed by atoms with Gasteiger partial charge in [-0.3, -0.25) is 13.9 Å². The van der Waals surface area contributed by atoms with E-state index in [4.69, 9.17) is 0 Å². The van der Waals surface area contributed by atoms with Crippen molar-refractivity contribution in [3.8, 4) is 0 Å². The summed E-state index contributed by atoms with van der Waals surface area (Å²) in [5.41, 5.74) is -1.22. The fourth-order valence-electron chi connectivity index (χ4n) is 3.60. The maximum atomic E-state index is 13.5. The van der Waals surface area contributed by atoms with E-state index in [1.165, 1.54) is 11.0 Å². The van der Waals surface area contributed by atoms with E-state index >= 15 is 0 Å². The van der Waals surface area contributed by atoms with Crippen molar-refractivity contribution in [2.24, 2.45) is 0 Å². The van der Waals surface area contributed by atoms with Crippen LogP contribution in [-0.2, 0) is 32.3 Å². The number of rotatable bonds is 9. The third kappa shape index (κ3) is 8.25. The molecule has 0 saturated carbocycles. The molecule has 2 rings (SSSR count). The fourth-order valence-corrected chi connectivity index (χ4v) is 4.45. The predicted octanol–water partition coefficient (Wildman–Crippen LogP) is 4.19. The molecule has 0 spiro atoms. The van der Waals surface area contributed by atoms with Crippen LogP contribution in [0.4, 0.5) is 18.9 Å². The minimum Gasteiger partial charge on any atom is -0.350 e. The Morgan fingerprint density at radius 3 is 2.11 bits per heavy atom. The maximum Gasteiger partial charge on any atom is 0.416 e. The van der Waals surface area contributed by atoms with Crippen molar-refractivity contribution in [1.82, 2.24) is 10.2 Å². The molecule has 1 atom stereocenters. The van der Waals surface area contributed by atoms with Gasteiger partial charge in [0.25, 0.3) is 0 Å². The molecule has 36 heavy (non-hydrogen) atoms. The van der Waals surface area contributed by atoms with Crippen LogP contribution in [-0.4, -0.2) is 49.5 Å². The number of hydrogen-bond acceptors (Lipinski definition) is 4. The van der Waals surface area contributed by atoms with Crippen LogP contribution < -0.4 is 9.62 Å². The van der Waals surface area contributed by atoms with Gasteiger partial charge in [0, 0.05) is 12.1 Å². The highest BCUT2D eigenvalue weighted by Crippen LogP contribution is 2.32. The molecule has 0 fully saturated rings. The van der Waals surface area contributed by atoms with Crippen molar-refractivity contribution in [2.45, 2.75) is 58.4 Å². The Morgan fingerprint density at radius 1 is 1.00 bits per heavy atom. The quantitative estimate of drug-likeness (QED) is 0.530. The number of hydrogen-bond donors (Lipinski definition) is 1. The van der Waals surface area contributed by atoms with E-state index in [2.05, 4.69) is 5.32 Å². The largest absolute Gasteiger partial charge is 0.416 e. The van der Waals surface area contributed by atoms with E-state index in [1.54, 1.807) is 58.0 Å². The van der Waals surface area contributed by atoms with Crippen LogP contribution >= 0.6 is 0 Å². The molecule has 0 bridgehead atoms. The lowest BCUT2D eigenvalue weighted by molar-refractivity contribution is -0.141. The number of carbonyl (C=O) groups is 2. The van der Waals surface area contributed by atoms with Crippen LogP contribution in [0.3, 0.4) is 0 Å². The molecule has 0 unspecified atom stereocenters. The summed E-state index contributed by atoms with van der Waals surface area (Å²) in [5, 5.41) is 2.84. The molecule has 0 aliphatic heterocycles. The average Bonchev–Trinajstić information content (AvgIpc) is 2.75. The van der Waals surface area contributed by atoms with Crippen molar-refractivity contribution in [3.63, 3.8) is 0 Å². The Labute approximate surface area is 210 Å². The van der Waals surface area contributed by atoms with Gasteiger partial charge in [-0.1, -0.05) is 43.3 Å². The summed E-state index contributed by atoms with van der Waals surface area (Å²) in [7, 11) is -4.15. The topological polar surface area (TPSA) is 86.8 Å². The molecular formula is C25H32F3N3O4S. The van der Waals surface area contributed by atoms with Gasteiger partial charge in [-0.05, 0) is 51.0 Å². The van der Waals surface area contributed by atoms with E-state index in [0.29, 0.717) is 15.9 Å². The summed E-state index contributed by atoms with van der Waals surface area (Å²) >= 11 is 0. The van der Waals surface area contributed by atoms with Gasteiger partial charge in [-0.15, -0.1) is 0 Å². The molecule has 2 amide bonds. The van der Waals surface area contributed by atoms with E-state index in [1.807, 2.05) is 0 Å². The summed E-state index contributed by atoms with van der Waals surface area (Å²) in [5.74, 6) is -1.14.